The third kappa shape index (κ3) is 5.37. The molecule has 7 heteroatoms. The molecule has 25 heavy (non-hydrogen) atoms. The highest BCUT2D eigenvalue weighted by Gasteiger charge is 2.17. The third-order valence-electron chi connectivity index (χ3n) is 4.08. The highest BCUT2D eigenvalue weighted by molar-refractivity contribution is 9.10. The molecule has 2 aromatic heterocycles. The summed E-state index contributed by atoms with van der Waals surface area (Å²) >= 11 is 3.53. The number of hydrogen-bond donors (Lipinski definition) is 1. The minimum Gasteiger partial charge on any atom is -0.468 e. The minimum absolute atomic E-state index is 0.112. The summed E-state index contributed by atoms with van der Waals surface area (Å²) in [5.74, 6) is 1.82. The van der Waals surface area contributed by atoms with Crippen LogP contribution in [0.1, 0.15) is 24.4 Å². The van der Waals surface area contributed by atoms with Gasteiger partial charge in [-0.15, -0.1) is 0 Å². The van der Waals surface area contributed by atoms with E-state index in [1.54, 1.807) is 6.26 Å². The molecule has 0 amide bonds. The molecule has 138 valence electrons. The van der Waals surface area contributed by atoms with Gasteiger partial charge in [0.05, 0.1) is 25.4 Å². The van der Waals surface area contributed by atoms with Gasteiger partial charge in [-0.1, -0.05) is 0 Å². The van der Waals surface area contributed by atoms with Gasteiger partial charge in [0.15, 0.2) is 5.96 Å². The number of nitrogens with zero attached hydrogens (tertiary/aromatic N) is 4. The quantitative estimate of drug-likeness (QED) is 0.563. The van der Waals surface area contributed by atoms with Crippen LogP contribution in [0.2, 0.25) is 0 Å². The summed E-state index contributed by atoms with van der Waals surface area (Å²) in [4.78, 5) is 9.10. The lowest BCUT2D eigenvalue weighted by Crippen LogP contribution is -2.39. The molecule has 1 atom stereocenters. The van der Waals surface area contributed by atoms with Gasteiger partial charge in [-0.25, -0.2) is 0 Å². The molecule has 0 aliphatic carbocycles. The van der Waals surface area contributed by atoms with E-state index in [9.17, 15) is 0 Å². The molecule has 2 heterocycles. The average Bonchev–Trinajstić information content (AvgIpc) is 3.16. The first kappa shape index (κ1) is 19.6. The molecule has 0 aromatic carbocycles. The van der Waals surface area contributed by atoms with E-state index in [0.29, 0.717) is 6.54 Å². The maximum absolute atomic E-state index is 5.57. The molecule has 6 nitrogen and oxygen atoms in total. The lowest BCUT2D eigenvalue weighted by Gasteiger charge is -2.25. The number of nitrogens with one attached hydrogen (secondary N) is 1. The molecule has 0 aliphatic heterocycles. The normalized spacial score (nSPS) is 13.3. The Morgan fingerprint density at radius 3 is 2.68 bits per heavy atom. The predicted molar refractivity (Wildman–Crippen MR) is 106 cm³/mol. The van der Waals surface area contributed by atoms with Crippen LogP contribution in [-0.4, -0.2) is 54.6 Å². The van der Waals surface area contributed by atoms with Crippen molar-refractivity contribution in [3.05, 3.63) is 46.6 Å². The van der Waals surface area contributed by atoms with Crippen molar-refractivity contribution < 1.29 is 4.42 Å². The van der Waals surface area contributed by atoms with Gasteiger partial charge in [-0.05, 0) is 55.1 Å². The molecule has 0 bridgehead atoms. The zero-order chi connectivity index (χ0) is 18.4. The van der Waals surface area contributed by atoms with Gasteiger partial charge in [0.25, 0.3) is 0 Å². The first-order valence-electron chi connectivity index (χ1n) is 8.42. The fraction of sp³-hybridized carbons (Fsp3) is 0.500. The minimum atomic E-state index is 0.112. The molecule has 0 aliphatic rings. The third-order valence-corrected chi connectivity index (χ3v) is 4.51. The SMILES string of the molecule is CCNC(=NCC(c1ccco1)N(C)C)N(C)Cc1cc(Br)cn1C. The first-order chi connectivity index (χ1) is 11.9. The van der Waals surface area contributed by atoms with Crippen LogP contribution in [-0.2, 0) is 13.6 Å². The first-order valence-corrected chi connectivity index (χ1v) is 9.21. The summed E-state index contributed by atoms with van der Waals surface area (Å²) in [7, 11) is 8.19. The topological polar surface area (TPSA) is 48.9 Å². The van der Waals surface area contributed by atoms with Crippen molar-refractivity contribution >= 4 is 21.9 Å². The maximum Gasteiger partial charge on any atom is 0.194 e. The predicted octanol–water partition coefficient (Wildman–Crippen LogP) is 3.08. The largest absolute Gasteiger partial charge is 0.468 e. The molecular formula is C18H28BrN5O. The lowest BCUT2D eigenvalue weighted by atomic mass is 10.2. The molecule has 2 aromatic rings. The Kier molecular flexibility index (Phi) is 7.13. The number of guanidine groups is 1. The number of rotatable bonds is 7. The van der Waals surface area contributed by atoms with Gasteiger partial charge in [-0.2, -0.15) is 0 Å². The number of aliphatic imine (C=N–C) groups is 1. The fourth-order valence-corrected chi connectivity index (χ4v) is 3.24. The van der Waals surface area contributed by atoms with Gasteiger partial charge in [0.1, 0.15) is 5.76 Å². The van der Waals surface area contributed by atoms with Crippen LogP contribution in [0.15, 0.2) is 44.5 Å². The van der Waals surface area contributed by atoms with Crippen molar-refractivity contribution in [1.29, 1.82) is 0 Å². The van der Waals surface area contributed by atoms with Crippen LogP contribution in [0.3, 0.4) is 0 Å². The summed E-state index contributed by atoms with van der Waals surface area (Å²) in [5.41, 5.74) is 1.22. The Hall–Kier alpha value is -1.73. The number of hydrogen-bond acceptors (Lipinski definition) is 3. The molecule has 1 N–H and O–H groups in total. The molecule has 0 saturated carbocycles. The maximum atomic E-state index is 5.57. The van der Waals surface area contributed by atoms with E-state index in [4.69, 9.17) is 9.41 Å². The van der Waals surface area contributed by atoms with Crippen molar-refractivity contribution in [2.75, 3.05) is 34.2 Å². The van der Waals surface area contributed by atoms with Gasteiger partial charge >= 0.3 is 0 Å². The number of likely N-dealkylation sites (N-methyl/N-ethyl adjacent to an activating group) is 1. The zero-order valence-corrected chi connectivity index (χ0v) is 17.2. The summed E-state index contributed by atoms with van der Waals surface area (Å²) in [6.45, 7) is 4.32. The van der Waals surface area contributed by atoms with Gasteiger partial charge in [-0.3, -0.25) is 9.89 Å². The van der Waals surface area contributed by atoms with Crippen LogP contribution < -0.4 is 5.32 Å². The molecule has 0 fully saturated rings. The lowest BCUT2D eigenvalue weighted by molar-refractivity contribution is 0.264. The second-order valence-corrected chi connectivity index (χ2v) is 7.22. The molecule has 0 radical (unpaired) electrons. The molecular weight excluding hydrogens is 382 g/mol. The van der Waals surface area contributed by atoms with Crippen molar-refractivity contribution in [1.82, 2.24) is 19.7 Å². The van der Waals surface area contributed by atoms with Crippen molar-refractivity contribution in [3.8, 4) is 0 Å². The molecule has 1 unspecified atom stereocenters. The molecule has 0 spiro atoms. The average molecular weight is 410 g/mol. The number of halogens is 1. The van der Waals surface area contributed by atoms with E-state index in [1.807, 2.05) is 26.2 Å². The van der Waals surface area contributed by atoms with E-state index >= 15 is 0 Å². The van der Waals surface area contributed by atoms with Crippen LogP contribution in [0.25, 0.3) is 0 Å². The second-order valence-electron chi connectivity index (χ2n) is 6.31. The van der Waals surface area contributed by atoms with E-state index in [1.165, 1.54) is 5.69 Å². The van der Waals surface area contributed by atoms with E-state index < -0.39 is 0 Å². The molecule has 0 saturated heterocycles. The van der Waals surface area contributed by atoms with Crippen molar-refractivity contribution in [2.24, 2.45) is 12.0 Å². The van der Waals surface area contributed by atoms with Gasteiger partial charge < -0.3 is 19.2 Å². The van der Waals surface area contributed by atoms with Crippen LogP contribution in [0.4, 0.5) is 0 Å². The van der Waals surface area contributed by atoms with E-state index in [2.05, 4.69) is 68.9 Å². The molecule has 2 rings (SSSR count). The number of aromatic nitrogens is 1. The number of furan rings is 1. The van der Waals surface area contributed by atoms with E-state index in [0.717, 1.165) is 29.3 Å². The fourth-order valence-electron chi connectivity index (χ4n) is 2.67. The summed E-state index contributed by atoms with van der Waals surface area (Å²) in [6, 6.07) is 6.16. The highest BCUT2D eigenvalue weighted by atomic mass is 79.9. The highest BCUT2D eigenvalue weighted by Crippen LogP contribution is 2.19. The zero-order valence-electron chi connectivity index (χ0n) is 15.7. The van der Waals surface area contributed by atoms with Crippen molar-refractivity contribution in [2.45, 2.75) is 19.5 Å². The monoisotopic (exact) mass is 409 g/mol. The van der Waals surface area contributed by atoms with Crippen molar-refractivity contribution in [3.63, 3.8) is 0 Å². The number of aryl methyl sites for hydroxylation is 1. The Balaban J connectivity index is 2.12. The Labute approximate surface area is 158 Å². The Bertz CT molecular complexity index is 678. The standard InChI is InChI=1S/C18H28BrN5O/c1-6-20-18(24(5)13-15-10-14(19)12-23(15)4)21-11-16(22(2)3)17-8-7-9-25-17/h7-10,12,16H,6,11,13H2,1-5H3,(H,20,21). The summed E-state index contributed by atoms with van der Waals surface area (Å²) < 4.78 is 8.78. The van der Waals surface area contributed by atoms with Gasteiger partial charge in [0.2, 0.25) is 0 Å². The summed E-state index contributed by atoms with van der Waals surface area (Å²) in [5, 5.41) is 3.37. The van der Waals surface area contributed by atoms with E-state index in [-0.39, 0.29) is 6.04 Å². The Morgan fingerprint density at radius 2 is 2.16 bits per heavy atom. The summed E-state index contributed by atoms with van der Waals surface area (Å²) in [6.07, 6.45) is 3.77. The van der Waals surface area contributed by atoms with Crippen LogP contribution >= 0.6 is 15.9 Å². The van der Waals surface area contributed by atoms with Gasteiger partial charge in [0, 0.05) is 37.0 Å². The van der Waals surface area contributed by atoms with Crippen LogP contribution in [0, 0.1) is 0 Å². The smallest absolute Gasteiger partial charge is 0.194 e. The van der Waals surface area contributed by atoms with Crippen LogP contribution in [0.5, 0.6) is 0 Å². The Morgan fingerprint density at radius 1 is 1.40 bits per heavy atom. The second kappa shape index (κ2) is 9.10.